The highest BCUT2D eigenvalue weighted by Crippen LogP contribution is 2.35. The third kappa shape index (κ3) is 27.6. The van der Waals surface area contributed by atoms with E-state index in [1.165, 1.54) is 80.4 Å². The maximum Gasteiger partial charge on any atom is 0.336 e. The molecule has 12 rings (SSSR count). The fourth-order valence-electron chi connectivity index (χ4n) is 10.7. The van der Waals surface area contributed by atoms with Crippen molar-refractivity contribution in [1.29, 1.82) is 0 Å². The van der Waals surface area contributed by atoms with Crippen molar-refractivity contribution in [3.63, 3.8) is 0 Å². The van der Waals surface area contributed by atoms with Gasteiger partial charge in [-0.1, -0.05) is 201 Å². The normalized spacial score (nSPS) is 14.0. The summed E-state index contributed by atoms with van der Waals surface area (Å²) in [5.41, 5.74) is 10.4. The van der Waals surface area contributed by atoms with E-state index in [2.05, 4.69) is 223 Å². The number of rotatable bonds is 10. The van der Waals surface area contributed by atoms with E-state index in [4.69, 9.17) is 13.9 Å². The molecule has 4 aromatic heterocycles. The fourth-order valence-corrected chi connectivity index (χ4v) is 13.3. The van der Waals surface area contributed by atoms with Crippen LogP contribution in [0.5, 0.6) is 11.5 Å². The Labute approximate surface area is 590 Å². The predicted molar refractivity (Wildman–Crippen MR) is 413 cm³/mol. The van der Waals surface area contributed by atoms with E-state index in [0.29, 0.717) is 59.8 Å². The van der Waals surface area contributed by atoms with Crippen LogP contribution >= 0.6 is 34.0 Å². The Morgan fingerprint density at radius 3 is 1.81 bits per heavy atom. The van der Waals surface area contributed by atoms with Crippen LogP contribution in [0, 0.1) is 43.4 Å². The number of carbonyl (C=O) groups is 1. The van der Waals surface area contributed by atoms with Gasteiger partial charge in [0.15, 0.2) is 11.5 Å². The first kappa shape index (κ1) is 79.8. The molecule has 3 aliphatic heterocycles. The second-order valence-electron chi connectivity index (χ2n) is 28.2. The number of aliphatic hydroxyl groups is 1. The van der Waals surface area contributed by atoms with Gasteiger partial charge in [-0.15, -0.1) is 34.0 Å². The smallest absolute Gasteiger partial charge is 0.336 e. The minimum Gasteiger partial charge on any atom is -0.454 e. The van der Waals surface area contributed by atoms with Gasteiger partial charge < -0.3 is 23.9 Å². The maximum atomic E-state index is 11.4. The zero-order valence-electron chi connectivity index (χ0n) is 61.6. The first-order valence-corrected chi connectivity index (χ1v) is 37.5. The zero-order chi connectivity index (χ0) is 70.6. The van der Waals surface area contributed by atoms with E-state index in [9.17, 15) is 14.7 Å². The molecule has 0 bridgehead atoms. The number of nitrogens with zero attached hydrogens (tertiary/aromatic N) is 3. The van der Waals surface area contributed by atoms with Crippen LogP contribution < -0.4 is 15.1 Å². The number of aromatic nitrogens is 1. The first-order valence-electron chi connectivity index (χ1n) is 34.9. The summed E-state index contributed by atoms with van der Waals surface area (Å²) in [6, 6.07) is 41.2. The van der Waals surface area contributed by atoms with Gasteiger partial charge in [-0.3, -0.25) is 9.79 Å². The molecule has 12 heteroatoms. The summed E-state index contributed by atoms with van der Waals surface area (Å²) in [5, 5.41) is 15.9. The van der Waals surface area contributed by atoms with Crippen molar-refractivity contribution in [3.8, 4) is 33.2 Å². The van der Waals surface area contributed by atoms with Crippen LogP contribution in [0.2, 0.25) is 0 Å². The molecule has 9 nitrogen and oxygen atoms in total. The third-order valence-electron chi connectivity index (χ3n) is 16.8. The first-order chi connectivity index (χ1) is 45.5. The van der Waals surface area contributed by atoms with E-state index in [0.717, 1.165) is 76.4 Å². The van der Waals surface area contributed by atoms with Crippen molar-refractivity contribution in [1.82, 2.24) is 9.88 Å². The van der Waals surface area contributed by atoms with Gasteiger partial charge in [0, 0.05) is 46.3 Å². The Bertz CT molecular complexity index is 3780. The second-order valence-corrected chi connectivity index (χ2v) is 31.3. The summed E-state index contributed by atoms with van der Waals surface area (Å²) in [5.74, 6) is 13.1. The number of carbonyl (C=O) groups excluding carboxylic acids is 1. The van der Waals surface area contributed by atoms with E-state index in [-0.39, 0.29) is 5.63 Å². The monoisotopic (exact) mass is 1360 g/mol. The molecule has 4 aromatic carbocycles. The number of benzene rings is 4. The minimum absolute atomic E-state index is 0.267. The Balaban J connectivity index is 0.000000200. The van der Waals surface area contributed by atoms with Gasteiger partial charge in [0.05, 0.1) is 27.7 Å². The Kier molecular flexibility index (Phi) is 33.3. The highest BCUT2D eigenvalue weighted by molar-refractivity contribution is 7.20. The molecule has 2 fully saturated rings. The summed E-state index contributed by atoms with van der Waals surface area (Å²) in [6.07, 6.45) is 11.3. The molecule has 4 aliphatic rings. The van der Waals surface area contributed by atoms with Crippen LogP contribution in [0.25, 0.3) is 20.9 Å². The zero-order valence-corrected chi connectivity index (χ0v) is 64.1. The van der Waals surface area contributed by atoms with Crippen molar-refractivity contribution >= 4 is 56.6 Å². The molecule has 1 saturated heterocycles. The van der Waals surface area contributed by atoms with Gasteiger partial charge in [-0.05, 0) is 195 Å². The number of allylic oxidation sites excluding steroid dienone is 1. The average molecular weight is 1360 g/mol. The Morgan fingerprint density at radius 1 is 0.625 bits per heavy atom. The minimum atomic E-state index is -0.923. The molecule has 0 radical (unpaired) electrons. The standard InChI is InChI=1S/C14H18O.C13H14O2.C12H15NS.C10H11NS2.C10H12O2.C9H12.C8H15NO.C8H16/c1-11(2)13-7-5-6-12(10-13)8-9-14(3,4)15;1-8(2)11-7-13(14)15-12-6-9(3)4-5-10(11)12;1-8(2)10-6-11(13-7-10)12-5-4-9(3)14-12;1-7(2)8-6-13-10(11-8)9-4-3-5-12-9;1-7(2)8-3-4-9-10(5-8)12-6-11-9;1-8(2)9-6-4-3-5-7-9;1-7(2)9-6-4-3-5-8(9)10;1-7(2)8-5-3-4-6-8/h5-7,10-11,15H,1-4H3;4-8H,1-3H3;4-6,8H,7H2,1-3H3;3-7H,1-2H3;3-5,7H,6H2,1-2H3;3-8H,1-2H3;7H,3-6H2,1-2H3;7-8H,3-6H2,1-2H3. The molecular formula is C84H113N3O6S3. The lowest BCUT2D eigenvalue weighted by molar-refractivity contribution is -0.135. The van der Waals surface area contributed by atoms with E-state index in [1.54, 1.807) is 42.6 Å². The molecule has 1 aliphatic carbocycles. The predicted octanol–water partition coefficient (Wildman–Crippen LogP) is 23.2. The van der Waals surface area contributed by atoms with Crippen LogP contribution in [0.4, 0.5) is 0 Å². The van der Waals surface area contributed by atoms with Crippen molar-refractivity contribution < 1.29 is 23.8 Å². The summed E-state index contributed by atoms with van der Waals surface area (Å²) in [6.45, 7) is 44.5. The number of hydrogen-bond donors (Lipinski definition) is 1. The molecule has 0 spiro atoms. The summed E-state index contributed by atoms with van der Waals surface area (Å²) in [4.78, 5) is 37.5. The lowest BCUT2D eigenvalue weighted by Gasteiger charge is -2.30. The van der Waals surface area contributed by atoms with Gasteiger partial charge in [-0.2, -0.15) is 0 Å². The topological polar surface area (TPSA) is 114 Å². The highest BCUT2D eigenvalue weighted by Gasteiger charge is 2.21. The molecule has 8 aromatic rings. The van der Waals surface area contributed by atoms with Gasteiger partial charge in [0.25, 0.3) is 0 Å². The lowest BCUT2D eigenvalue weighted by Crippen LogP contribution is -2.40. The molecule has 7 heterocycles. The number of thiophene rings is 2. The largest absolute Gasteiger partial charge is 0.454 e. The number of aliphatic imine (C=N–C) groups is 1. The number of piperidine rings is 1. The quantitative estimate of drug-likeness (QED) is 0.107. The van der Waals surface area contributed by atoms with Crippen LogP contribution in [-0.4, -0.2) is 58.1 Å². The number of likely N-dealkylation sites (tertiary alicyclic amines) is 1. The number of hydrogen-bond acceptors (Lipinski definition) is 11. The highest BCUT2D eigenvalue weighted by atomic mass is 32.1. The second kappa shape index (κ2) is 40.1. The summed E-state index contributed by atoms with van der Waals surface area (Å²) < 4.78 is 15.7. The molecule has 1 saturated carbocycles. The van der Waals surface area contributed by atoms with Crippen LogP contribution in [-0.2, 0) is 4.79 Å². The number of fused-ring (bicyclic) bond motifs is 2. The van der Waals surface area contributed by atoms with Crippen molar-refractivity contribution in [2.24, 2.45) is 22.7 Å². The number of amides is 1. The van der Waals surface area contributed by atoms with Crippen molar-refractivity contribution in [2.45, 2.75) is 225 Å². The number of aryl methyl sites for hydroxylation is 2. The molecule has 518 valence electrons. The molecule has 1 amide bonds. The van der Waals surface area contributed by atoms with E-state index >= 15 is 0 Å². The number of ether oxygens (including phenoxy) is 2. The van der Waals surface area contributed by atoms with Gasteiger partial charge in [0.2, 0.25) is 12.7 Å². The van der Waals surface area contributed by atoms with E-state index < -0.39 is 5.60 Å². The fraction of sp³-hybridized carbons (Fsp3) is 0.476. The van der Waals surface area contributed by atoms with Gasteiger partial charge in [0.1, 0.15) is 16.2 Å². The Morgan fingerprint density at radius 2 is 1.29 bits per heavy atom. The van der Waals surface area contributed by atoms with Crippen molar-refractivity contribution in [3.05, 3.63) is 203 Å². The molecule has 0 unspecified atom stereocenters. The Hall–Kier alpha value is -6.88. The van der Waals surface area contributed by atoms with Crippen molar-refractivity contribution in [2.75, 3.05) is 19.9 Å². The summed E-state index contributed by atoms with van der Waals surface area (Å²) in [7, 11) is 0. The average Bonchev–Trinajstić information content (AvgIpc) is 1.13. The molecule has 96 heavy (non-hydrogen) atoms. The van der Waals surface area contributed by atoms with Gasteiger partial charge in [-0.25, -0.2) is 9.78 Å². The molecular weight excluding hydrogens is 1240 g/mol. The maximum absolute atomic E-state index is 11.4. The van der Waals surface area contributed by atoms with Crippen LogP contribution in [0.1, 0.15) is 248 Å². The van der Waals surface area contributed by atoms with E-state index in [1.807, 2.05) is 71.7 Å². The third-order valence-corrected chi connectivity index (χ3v) is 19.7. The molecule has 1 N–H and O–H groups in total. The van der Waals surface area contributed by atoms with Crippen LogP contribution in [0.3, 0.4) is 0 Å². The molecule has 0 atom stereocenters. The van der Waals surface area contributed by atoms with Gasteiger partial charge >= 0.3 is 5.63 Å². The lowest BCUT2D eigenvalue weighted by atomic mass is 9.95. The SMILES string of the molecule is CC(C)C1CCCC1.CC(C)N1CCCCC1=O.CC(C)c1ccc2c(c1)OCO2.CC(C)c1cccc(C#CC(C)(C)O)c1.CC(C)c1ccccc1.CC(C)c1csc(-c2cccs2)n1.Cc1ccc(C2=NCC(C(C)C)=C2)s1.Cc1ccc2c(C(C)C)cc(=O)oc2c1. The summed E-state index contributed by atoms with van der Waals surface area (Å²) >= 11 is 5.31. The van der Waals surface area contributed by atoms with Crippen LogP contribution in [0.15, 0.2) is 158 Å². The number of thiazole rings is 1.